The van der Waals surface area contributed by atoms with Gasteiger partial charge in [0.2, 0.25) is 0 Å². The van der Waals surface area contributed by atoms with Crippen molar-refractivity contribution in [1.82, 2.24) is 9.55 Å². The number of fused-ring (bicyclic) bond motifs is 1. The van der Waals surface area contributed by atoms with E-state index >= 15 is 0 Å². The van der Waals surface area contributed by atoms with E-state index in [9.17, 15) is 9.18 Å². The van der Waals surface area contributed by atoms with Crippen molar-refractivity contribution in [2.75, 3.05) is 0 Å². The van der Waals surface area contributed by atoms with Gasteiger partial charge in [0.25, 0.3) is 5.56 Å². The van der Waals surface area contributed by atoms with Gasteiger partial charge in [-0.05, 0) is 35.8 Å². The molecule has 0 bridgehead atoms. The van der Waals surface area contributed by atoms with Crippen molar-refractivity contribution in [2.24, 2.45) is 0 Å². The Morgan fingerprint density at radius 3 is 2.60 bits per heavy atom. The number of nitrogens with zero attached hydrogens (tertiary/aromatic N) is 1. The number of aromatic amines is 1. The van der Waals surface area contributed by atoms with Crippen LogP contribution in [0.3, 0.4) is 0 Å². The van der Waals surface area contributed by atoms with Crippen molar-refractivity contribution in [3.05, 3.63) is 54.6 Å². The first kappa shape index (κ1) is 13.8. The maximum atomic E-state index is 13.4. The molecule has 0 atom stereocenters. The largest absolute Gasteiger partial charge is 0.323 e. The van der Waals surface area contributed by atoms with Crippen molar-refractivity contribution in [3.8, 4) is 5.69 Å². The van der Waals surface area contributed by atoms with Gasteiger partial charge in [0.15, 0.2) is 10.6 Å². The Morgan fingerprint density at radius 1 is 1.30 bits per heavy atom. The molecule has 3 aromatic rings. The first-order valence-corrected chi connectivity index (χ1v) is 7.41. The summed E-state index contributed by atoms with van der Waals surface area (Å²) in [6.45, 7) is 0. The summed E-state index contributed by atoms with van der Waals surface area (Å²) in [5, 5.41) is 1.95. The van der Waals surface area contributed by atoms with Crippen LogP contribution >= 0.6 is 46.8 Å². The van der Waals surface area contributed by atoms with Gasteiger partial charge >= 0.3 is 0 Å². The first-order valence-electron chi connectivity index (χ1n) is 5.36. The van der Waals surface area contributed by atoms with Crippen molar-refractivity contribution in [2.45, 2.75) is 0 Å². The predicted octanol–water partition coefficient (Wildman–Crippen LogP) is 4.56. The lowest BCUT2D eigenvalue weighted by Crippen LogP contribution is -2.19. The molecule has 0 unspecified atom stereocenters. The van der Waals surface area contributed by atoms with E-state index in [1.165, 1.54) is 28.0 Å². The standard InChI is InChI=1S/C12H5Cl2FN2OS2/c13-7-3-5(4-8(14)9(7)15)17-11(18)6-1-2-20-10(6)16-12(17)19/h1-4H,(H,16,19). The van der Waals surface area contributed by atoms with Crippen LogP contribution in [0, 0.1) is 10.6 Å². The average molecular weight is 347 g/mol. The van der Waals surface area contributed by atoms with Gasteiger partial charge in [-0.3, -0.25) is 9.36 Å². The van der Waals surface area contributed by atoms with E-state index in [-0.39, 0.29) is 20.4 Å². The van der Waals surface area contributed by atoms with Crippen LogP contribution in [0.5, 0.6) is 0 Å². The molecule has 0 aliphatic carbocycles. The van der Waals surface area contributed by atoms with E-state index in [0.29, 0.717) is 15.9 Å². The van der Waals surface area contributed by atoms with Gasteiger partial charge in [-0.2, -0.15) is 0 Å². The summed E-state index contributed by atoms with van der Waals surface area (Å²) in [6, 6.07) is 4.31. The van der Waals surface area contributed by atoms with Crippen LogP contribution in [-0.2, 0) is 0 Å². The zero-order valence-corrected chi connectivity index (χ0v) is 12.8. The lowest BCUT2D eigenvalue weighted by molar-refractivity contribution is 0.628. The third-order valence-electron chi connectivity index (χ3n) is 2.75. The van der Waals surface area contributed by atoms with Gasteiger partial charge in [0.1, 0.15) is 4.83 Å². The van der Waals surface area contributed by atoms with Gasteiger partial charge in [0.05, 0.1) is 21.1 Å². The topological polar surface area (TPSA) is 37.8 Å². The summed E-state index contributed by atoms with van der Waals surface area (Å²) in [4.78, 5) is 16.1. The molecule has 0 spiro atoms. The smallest absolute Gasteiger partial charge is 0.267 e. The Labute approximate surface area is 131 Å². The van der Waals surface area contributed by atoms with Crippen LogP contribution in [0.2, 0.25) is 10.0 Å². The average Bonchev–Trinajstić information content (AvgIpc) is 2.84. The highest BCUT2D eigenvalue weighted by Gasteiger charge is 2.13. The van der Waals surface area contributed by atoms with Crippen LogP contribution in [-0.4, -0.2) is 9.55 Å². The Bertz CT molecular complexity index is 922. The summed E-state index contributed by atoms with van der Waals surface area (Å²) in [5.41, 5.74) is 0.0180. The molecule has 0 aliphatic heterocycles. The second-order valence-electron chi connectivity index (χ2n) is 3.96. The van der Waals surface area contributed by atoms with E-state index in [2.05, 4.69) is 4.98 Å². The van der Waals surface area contributed by atoms with Crippen LogP contribution in [0.25, 0.3) is 15.9 Å². The molecule has 0 saturated carbocycles. The fourth-order valence-corrected chi connectivity index (χ4v) is 3.45. The Hall–Kier alpha value is -1.21. The number of halogens is 3. The predicted molar refractivity (Wildman–Crippen MR) is 82.6 cm³/mol. The third kappa shape index (κ3) is 2.09. The Balaban J connectivity index is 2.40. The molecule has 0 aliphatic rings. The van der Waals surface area contributed by atoms with Gasteiger partial charge < -0.3 is 4.98 Å². The molecule has 2 aromatic heterocycles. The molecule has 0 saturated heterocycles. The lowest BCUT2D eigenvalue weighted by Gasteiger charge is -2.08. The SMILES string of the molecule is O=c1c2ccsc2[nH]c(=S)n1-c1cc(Cl)c(F)c(Cl)c1. The normalized spacial score (nSPS) is 11.2. The summed E-state index contributed by atoms with van der Waals surface area (Å²) in [5.74, 6) is -0.725. The number of benzene rings is 1. The summed E-state index contributed by atoms with van der Waals surface area (Å²) < 4.78 is 14.9. The van der Waals surface area contributed by atoms with Crippen LogP contribution < -0.4 is 5.56 Å². The molecule has 8 heteroatoms. The van der Waals surface area contributed by atoms with Crippen LogP contribution in [0.1, 0.15) is 0 Å². The second-order valence-corrected chi connectivity index (χ2v) is 6.07. The zero-order chi connectivity index (χ0) is 14.4. The summed E-state index contributed by atoms with van der Waals surface area (Å²) in [7, 11) is 0. The van der Waals surface area contributed by atoms with Crippen molar-refractivity contribution in [3.63, 3.8) is 0 Å². The molecule has 1 N–H and O–H groups in total. The maximum absolute atomic E-state index is 13.4. The van der Waals surface area contributed by atoms with E-state index in [0.717, 1.165) is 0 Å². The highest BCUT2D eigenvalue weighted by Crippen LogP contribution is 2.26. The minimum atomic E-state index is -0.725. The third-order valence-corrected chi connectivity index (χ3v) is 4.41. The molecule has 20 heavy (non-hydrogen) atoms. The van der Waals surface area contributed by atoms with Gasteiger partial charge in [-0.25, -0.2) is 4.39 Å². The fourth-order valence-electron chi connectivity index (χ4n) is 1.85. The molecular weight excluding hydrogens is 342 g/mol. The van der Waals surface area contributed by atoms with Gasteiger partial charge in [-0.1, -0.05) is 23.2 Å². The quantitative estimate of drug-likeness (QED) is 0.518. The van der Waals surface area contributed by atoms with Crippen molar-refractivity contribution >= 4 is 57.0 Å². The number of H-pyrrole nitrogens is 1. The minimum absolute atomic E-state index is 0.167. The summed E-state index contributed by atoms with van der Waals surface area (Å²) >= 11 is 18.1. The highest BCUT2D eigenvalue weighted by molar-refractivity contribution is 7.71. The number of nitrogens with one attached hydrogen (secondary N) is 1. The van der Waals surface area contributed by atoms with Crippen molar-refractivity contribution < 1.29 is 4.39 Å². The summed E-state index contributed by atoms with van der Waals surface area (Å²) in [6.07, 6.45) is 0. The fraction of sp³-hybridized carbons (Fsp3) is 0. The molecule has 0 amide bonds. The molecule has 0 radical (unpaired) electrons. The number of aromatic nitrogens is 2. The molecule has 3 nitrogen and oxygen atoms in total. The van der Waals surface area contributed by atoms with Crippen LogP contribution in [0.4, 0.5) is 4.39 Å². The van der Waals surface area contributed by atoms with E-state index < -0.39 is 5.82 Å². The monoisotopic (exact) mass is 346 g/mol. The molecular formula is C12H5Cl2FN2OS2. The van der Waals surface area contributed by atoms with Gasteiger partial charge in [-0.15, -0.1) is 11.3 Å². The molecule has 102 valence electrons. The van der Waals surface area contributed by atoms with Crippen molar-refractivity contribution in [1.29, 1.82) is 0 Å². The minimum Gasteiger partial charge on any atom is -0.323 e. The lowest BCUT2D eigenvalue weighted by atomic mass is 10.3. The molecule has 0 fully saturated rings. The first-order chi connectivity index (χ1) is 9.49. The number of hydrogen-bond donors (Lipinski definition) is 1. The van der Waals surface area contributed by atoms with Gasteiger partial charge in [0, 0.05) is 0 Å². The molecule has 2 heterocycles. The highest BCUT2D eigenvalue weighted by atomic mass is 35.5. The number of hydrogen-bond acceptors (Lipinski definition) is 3. The van der Waals surface area contributed by atoms with E-state index in [1.54, 1.807) is 11.4 Å². The Kier molecular flexibility index (Phi) is 3.41. The number of thiophene rings is 1. The number of rotatable bonds is 1. The molecule has 1 aromatic carbocycles. The van der Waals surface area contributed by atoms with E-state index in [1.807, 2.05) is 0 Å². The molecule has 3 rings (SSSR count). The second kappa shape index (κ2) is 4.96. The maximum Gasteiger partial charge on any atom is 0.267 e. The van der Waals surface area contributed by atoms with E-state index in [4.69, 9.17) is 35.4 Å². The Morgan fingerprint density at radius 2 is 1.95 bits per heavy atom. The zero-order valence-electron chi connectivity index (χ0n) is 9.62. The van der Waals surface area contributed by atoms with Crippen LogP contribution in [0.15, 0.2) is 28.4 Å².